The highest BCUT2D eigenvalue weighted by molar-refractivity contribution is 6.02. The SMILES string of the molecule is O=C(Nc1ccc(CC(=O)c2c(O)cc(O)cc2O)cc1)Oc1ccc(OC(=O)c2ccccc2)cc1. The number of hydrogen-bond acceptors (Lipinski definition) is 8. The van der Waals surface area contributed by atoms with Crippen LogP contribution in [0.1, 0.15) is 26.3 Å². The van der Waals surface area contributed by atoms with Crippen LogP contribution >= 0.6 is 0 Å². The molecule has 186 valence electrons. The van der Waals surface area contributed by atoms with Crippen LogP contribution in [0.25, 0.3) is 0 Å². The van der Waals surface area contributed by atoms with Gasteiger partial charge in [0.1, 0.15) is 34.3 Å². The Morgan fingerprint density at radius 2 is 1.27 bits per heavy atom. The Morgan fingerprint density at radius 3 is 1.86 bits per heavy atom. The summed E-state index contributed by atoms with van der Waals surface area (Å²) >= 11 is 0. The third-order valence-corrected chi connectivity index (χ3v) is 5.18. The van der Waals surface area contributed by atoms with E-state index in [4.69, 9.17) is 9.47 Å². The van der Waals surface area contributed by atoms with E-state index in [1.807, 2.05) is 0 Å². The maximum Gasteiger partial charge on any atom is 0.417 e. The lowest BCUT2D eigenvalue weighted by Gasteiger charge is -2.09. The van der Waals surface area contributed by atoms with Gasteiger partial charge in [-0.05, 0) is 54.1 Å². The standard InChI is InChI=1S/C28H21NO8/c30-20-15-24(32)26(25(33)16-20)23(31)14-17-6-8-19(9-7-17)29-28(35)37-22-12-10-21(11-13-22)36-27(34)18-4-2-1-3-5-18/h1-13,15-16,30,32-33H,14H2,(H,29,35). The van der Waals surface area contributed by atoms with E-state index in [2.05, 4.69) is 5.32 Å². The molecule has 9 heteroatoms. The van der Waals surface area contributed by atoms with Crippen molar-refractivity contribution in [3.05, 3.63) is 108 Å². The molecule has 9 nitrogen and oxygen atoms in total. The Bertz CT molecular complexity index is 1410. The number of rotatable bonds is 7. The van der Waals surface area contributed by atoms with E-state index < -0.39 is 29.3 Å². The van der Waals surface area contributed by atoms with Crippen LogP contribution in [0.4, 0.5) is 10.5 Å². The first-order chi connectivity index (χ1) is 17.8. The highest BCUT2D eigenvalue weighted by Gasteiger charge is 2.18. The summed E-state index contributed by atoms with van der Waals surface area (Å²) in [6.07, 6.45) is -0.880. The molecule has 0 atom stereocenters. The van der Waals surface area contributed by atoms with E-state index in [1.54, 1.807) is 54.6 Å². The molecule has 0 fully saturated rings. The summed E-state index contributed by atoms with van der Waals surface area (Å²) < 4.78 is 10.5. The number of phenolic OH excluding ortho intramolecular Hbond substituents is 3. The molecule has 0 saturated heterocycles. The maximum atomic E-state index is 12.5. The van der Waals surface area contributed by atoms with Crippen molar-refractivity contribution < 1.29 is 39.2 Å². The predicted molar refractivity (Wildman–Crippen MR) is 133 cm³/mol. The fraction of sp³-hybridized carbons (Fsp3) is 0.0357. The topological polar surface area (TPSA) is 142 Å². The molecule has 1 amide bonds. The zero-order valence-electron chi connectivity index (χ0n) is 19.3. The van der Waals surface area contributed by atoms with Gasteiger partial charge in [-0.25, -0.2) is 9.59 Å². The maximum absolute atomic E-state index is 12.5. The van der Waals surface area contributed by atoms with Gasteiger partial charge in [-0.3, -0.25) is 10.1 Å². The van der Waals surface area contributed by atoms with Crippen LogP contribution in [-0.4, -0.2) is 33.2 Å². The van der Waals surface area contributed by atoms with Crippen molar-refractivity contribution >= 4 is 23.5 Å². The highest BCUT2D eigenvalue weighted by atomic mass is 16.6. The quantitative estimate of drug-likeness (QED) is 0.157. The number of phenols is 3. The molecule has 4 N–H and O–H groups in total. The molecule has 0 bridgehead atoms. The number of carbonyl (C=O) groups is 3. The van der Waals surface area contributed by atoms with Gasteiger partial charge in [-0.1, -0.05) is 30.3 Å². The summed E-state index contributed by atoms with van der Waals surface area (Å²) in [5.41, 5.74) is 1.10. The van der Waals surface area contributed by atoms with Crippen molar-refractivity contribution in [1.82, 2.24) is 0 Å². The molecule has 0 radical (unpaired) electrons. The monoisotopic (exact) mass is 499 g/mol. The zero-order valence-corrected chi connectivity index (χ0v) is 19.3. The third kappa shape index (κ3) is 6.43. The lowest BCUT2D eigenvalue weighted by Crippen LogP contribution is -2.16. The van der Waals surface area contributed by atoms with Crippen LogP contribution in [0.15, 0.2) is 91.0 Å². The number of amides is 1. The van der Waals surface area contributed by atoms with E-state index in [0.29, 0.717) is 22.6 Å². The lowest BCUT2D eigenvalue weighted by molar-refractivity contribution is 0.0734. The minimum Gasteiger partial charge on any atom is -0.508 e. The van der Waals surface area contributed by atoms with Crippen LogP contribution in [0.5, 0.6) is 28.7 Å². The molecule has 0 aliphatic carbocycles. The molecule has 0 saturated carbocycles. The first-order valence-corrected chi connectivity index (χ1v) is 11.0. The zero-order chi connectivity index (χ0) is 26.4. The smallest absolute Gasteiger partial charge is 0.417 e. The van der Waals surface area contributed by atoms with Crippen molar-refractivity contribution in [1.29, 1.82) is 0 Å². The first kappa shape index (κ1) is 24.8. The molecule has 0 heterocycles. The minimum atomic E-state index is -0.753. The van der Waals surface area contributed by atoms with Gasteiger partial charge in [-0.15, -0.1) is 0 Å². The highest BCUT2D eigenvalue weighted by Crippen LogP contribution is 2.33. The molecule has 4 aromatic rings. The van der Waals surface area contributed by atoms with E-state index in [0.717, 1.165) is 12.1 Å². The number of hydrogen-bond donors (Lipinski definition) is 4. The van der Waals surface area contributed by atoms with Crippen molar-refractivity contribution in [3.8, 4) is 28.7 Å². The summed E-state index contributed by atoms with van der Waals surface area (Å²) in [5.74, 6) is -1.94. The Morgan fingerprint density at radius 1 is 0.703 bits per heavy atom. The number of esters is 1. The average Bonchev–Trinajstić information content (AvgIpc) is 2.86. The van der Waals surface area contributed by atoms with Crippen molar-refractivity contribution in [2.24, 2.45) is 0 Å². The summed E-state index contributed by atoms with van der Waals surface area (Å²) in [7, 11) is 0. The molecule has 4 rings (SSSR count). The lowest BCUT2D eigenvalue weighted by atomic mass is 10.0. The van der Waals surface area contributed by atoms with Gasteiger partial charge >= 0.3 is 12.1 Å². The molecule has 0 aromatic heterocycles. The van der Waals surface area contributed by atoms with E-state index in [1.165, 1.54) is 24.3 Å². The number of aromatic hydroxyl groups is 3. The Hall–Kier alpha value is -5.31. The van der Waals surface area contributed by atoms with Crippen LogP contribution < -0.4 is 14.8 Å². The minimum absolute atomic E-state index is 0.127. The van der Waals surface area contributed by atoms with Crippen molar-refractivity contribution in [2.75, 3.05) is 5.32 Å². The van der Waals surface area contributed by atoms with Gasteiger partial charge in [0.15, 0.2) is 5.78 Å². The third-order valence-electron chi connectivity index (χ3n) is 5.18. The molecule has 0 spiro atoms. The fourth-order valence-electron chi connectivity index (χ4n) is 3.43. The number of ether oxygens (including phenoxy) is 2. The van der Waals surface area contributed by atoms with Gasteiger partial charge in [0.05, 0.1) is 5.56 Å². The summed E-state index contributed by atoms with van der Waals surface area (Å²) in [5, 5.41) is 31.7. The van der Waals surface area contributed by atoms with Gasteiger partial charge in [0.2, 0.25) is 0 Å². The number of Topliss-reactive ketones (excluding diaryl/α,β-unsaturated/α-hetero) is 1. The van der Waals surface area contributed by atoms with Crippen molar-refractivity contribution in [3.63, 3.8) is 0 Å². The van der Waals surface area contributed by atoms with Gasteiger partial charge in [-0.2, -0.15) is 0 Å². The van der Waals surface area contributed by atoms with Crippen molar-refractivity contribution in [2.45, 2.75) is 6.42 Å². The molecule has 0 aliphatic rings. The number of anilines is 1. The average molecular weight is 499 g/mol. The Balaban J connectivity index is 1.30. The summed E-state index contributed by atoms with van der Waals surface area (Å²) in [6, 6.07) is 22.7. The second-order valence-corrected chi connectivity index (χ2v) is 7.90. The van der Waals surface area contributed by atoms with Gasteiger partial charge < -0.3 is 24.8 Å². The van der Waals surface area contributed by atoms with Gasteiger partial charge in [0, 0.05) is 24.2 Å². The van der Waals surface area contributed by atoms with E-state index in [9.17, 15) is 29.7 Å². The van der Waals surface area contributed by atoms with Crippen LogP contribution in [0.3, 0.4) is 0 Å². The summed E-state index contributed by atoms with van der Waals surface area (Å²) in [6.45, 7) is 0. The van der Waals surface area contributed by atoms with Crippen LogP contribution in [-0.2, 0) is 6.42 Å². The van der Waals surface area contributed by atoms with Crippen LogP contribution in [0, 0.1) is 0 Å². The fourth-order valence-corrected chi connectivity index (χ4v) is 3.43. The van der Waals surface area contributed by atoms with Gasteiger partial charge in [0.25, 0.3) is 0 Å². The molecule has 0 aliphatic heterocycles. The Labute approximate surface area is 211 Å². The molecule has 0 unspecified atom stereocenters. The second kappa shape index (κ2) is 11.0. The number of carbonyl (C=O) groups excluding carboxylic acids is 3. The van der Waals surface area contributed by atoms with Crippen LogP contribution in [0.2, 0.25) is 0 Å². The van der Waals surface area contributed by atoms with E-state index >= 15 is 0 Å². The normalized spacial score (nSPS) is 10.4. The number of nitrogens with one attached hydrogen (secondary N) is 1. The predicted octanol–water partition coefficient (Wildman–Crippen LogP) is 5.06. The number of ketones is 1. The molecule has 37 heavy (non-hydrogen) atoms. The van der Waals surface area contributed by atoms with E-state index in [-0.39, 0.29) is 23.5 Å². The molecular weight excluding hydrogens is 478 g/mol. The second-order valence-electron chi connectivity index (χ2n) is 7.90. The summed E-state index contributed by atoms with van der Waals surface area (Å²) in [4.78, 5) is 36.8. The number of benzene rings is 4. The molecule has 4 aromatic carbocycles. The largest absolute Gasteiger partial charge is 0.508 e. The molecular formula is C28H21NO8. The Kier molecular flexibility index (Phi) is 7.34. The first-order valence-electron chi connectivity index (χ1n) is 11.0.